The fraction of sp³-hybridized carbons (Fsp3) is 0.200. The molecular formula is C15H14O6. The Morgan fingerprint density at radius 1 is 0.905 bits per heavy atom. The van der Waals surface area contributed by atoms with Crippen molar-refractivity contribution < 1.29 is 28.2 Å². The summed E-state index contributed by atoms with van der Waals surface area (Å²) >= 11 is 0. The van der Waals surface area contributed by atoms with Gasteiger partial charge in [0.1, 0.15) is 0 Å². The largest absolute Gasteiger partial charge is 0.493 e. The SMILES string of the molecule is COC(=O)c1ccc(C(=O)c2ccc(OC)c(OC)c2)o1. The predicted molar refractivity (Wildman–Crippen MR) is 73.0 cm³/mol. The summed E-state index contributed by atoms with van der Waals surface area (Å²) < 4.78 is 20.0. The molecule has 2 rings (SSSR count). The lowest BCUT2D eigenvalue weighted by molar-refractivity contribution is 0.0563. The molecule has 21 heavy (non-hydrogen) atoms. The van der Waals surface area contributed by atoms with Gasteiger partial charge in [0.15, 0.2) is 17.3 Å². The molecule has 0 N–H and O–H groups in total. The van der Waals surface area contributed by atoms with Gasteiger partial charge in [-0.2, -0.15) is 0 Å². The molecule has 1 aromatic heterocycles. The van der Waals surface area contributed by atoms with Crippen molar-refractivity contribution >= 4 is 11.8 Å². The van der Waals surface area contributed by atoms with Crippen molar-refractivity contribution in [3.05, 3.63) is 47.4 Å². The van der Waals surface area contributed by atoms with E-state index in [1.165, 1.54) is 33.5 Å². The van der Waals surface area contributed by atoms with Gasteiger partial charge in [0.2, 0.25) is 11.5 Å². The number of carbonyl (C=O) groups is 2. The van der Waals surface area contributed by atoms with E-state index in [-0.39, 0.29) is 17.3 Å². The molecule has 1 heterocycles. The molecule has 0 aliphatic rings. The summed E-state index contributed by atoms with van der Waals surface area (Å²) in [6, 6.07) is 7.56. The van der Waals surface area contributed by atoms with Crippen LogP contribution in [-0.2, 0) is 4.74 Å². The Labute approximate surface area is 121 Å². The van der Waals surface area contributed by atoms with E-state index in [0.717, 1.165) is 0 Å². The molecule has 6 nitrogen and oxygen atoms in total. The number of carbonyl (C=O) groups excluding carboxylic acids is 2. The fourth-order valence-electron chi connectivity index (χ4n) is 1.79. The van der Waals surface area contributed by atoms with Crippen molar-refractivity contribution in [1.82, 2.24) is 0 Å². The second-order valence-corrected chi connectivity index (χ2v) is 4.05. The highest BCUT2D eigenvalue weighted by Gasteiger charge is 2.18. The second kappa shape index (κ2) is 6.13. The van der Waals surface area contributed by atoms with Gasteiger partial charge in [0, 0.05) is 5.56 Å². The molecule has 6 heteroatoms. The van der Waals surface area contributed by atoms with E-state index < -0.39 is 5.97 Å². The van der Waals surface area contributed by atoms with Crippen LogP contribution >= 0.6 is 0 Å². The lowest BCUT2D eigenvalue weighted by Crippen LogP contribution is -2.02. The van der Waals surface area contributed by atoms with Crippen LogP contribution in [0.2, 0.25) is 0 Å². The van der Waals surface area contributed by atoms with Crippen LogP contribution in [0.1, 0.15) is 26.7 Å². The Morgan fingerprint density at radius 2 is 1.57 bits per heavy atom. The molecule has 0 bridgehead atoms. The first-order valence-electron chi connectivity index (χ1n) is 6.05. The number of ether oxygens (including phenoxy) is 3. The van der Waals surface area contributed by atoms with E-state index in [1.54, 1.807) is 18.2 Å². The van der Waals surface area contributed by atoms with Gasteiger partial charge >= 0.3 is 5.97 Å². The van der Waals surface area contributed by atoms with Crippen LogP contribution < -0.4 is 9.47 Å². The van der Waals surface area contributed by atoms with E-state index >= 15 is 0 Å². The van der Waals surface area contributed by atoms with Crippen molar-refractivity contribution in [2.45, 2.75) is 0 Å². The lowest BCUT2D eigenvalue weighted by Gasteiger charge is -2.08. The molecule has 0 radical (unpaired) electrons. The van der Waals surface area contributed by atoms with Gasteiger partial charge in [0.05, 0.1) is 21.3 Å². The third-order valence-corrected chi connectivity index (χ3v) is 2.86. The van der Waals surface area contributed by atoms with E-state index in [2.05, 4.69) is 4.74 Å². The van der Waals surface area contributed by atoms with E-state index in [4.69, 9.17) is 13.9 Å². The van der Waals surface area contributed by atoms with Gasteiger partial charge < -0.3 is 18.6 Å². The summed E-state index contributed by atoms with van der Waals surface area (Å²) in [5.74, 6) is -0.0387. The highest BCUT2D eigenvalue weighted by atomic mass is 16.5. The van der Waals surface area contributed by atoms with Crippen LogP contribution in [0.25, 0.3) is 0 Å². The molecule has 110 valence electrons. The van der Waals surface area contributed by atoms with E-state index in [9.17, 15) is 9.59 Å². The first-order valence-corrected chi connectivity index (χ1v) is 6.05. The predicted octanol–water partition coefficient (Wildman–Crippen LogP) is 2.31. The van der Waals surface area contributed by atoms with Crippen molar-refractivity contribution in [2.75, 3.05) is 21.3 Å². The van der Waals surface area contributed by atoms with Crippen LogP contribution in [0.4, 0.5) is 0 Å². The number of rotatable bonds is 5. The molecule has 0 saturated carbocycles. The van der Waals surface area contributed by atoms with Gasteiger partial charge in [-0.05, 0) is 30.3 Å². The molecule has 0 aliphatic carbocycles. The third kappa shape index (κ3) is 2.89. The van der Waals surface area contributed by atoms with Crippen LogP contribution in [0, 0.1) is 0 Å². The van der Waals surface area contributed by atoms with Crippen molar-refractivity contribution in [3.63, 3.8) is 0 Å². The zero-order valence-corrected chi connectivity index (χ0v) is 11.8. The molecule has 0 saturated heterocycles. The molecule has 0 spiro atoms. The fourth-order valence-corrected chi connectivity index (χ4v) is 1.79. The number of ketones is 1. The quantitative estimate of drug-likeness (QED) is 0.621. The minimum Gasteiger partial charge on any atom is -0.493 e. The monoisotopic (exact) mass is 290 g/mol. The van der Waals surface area contributed by atoms with Crippen LogP contribution in [0.5, 0.6) is 11.5 Å². The van der Waals surface area contributed by atoms with Gasteiger partial charge in [-0.1, -0.05) is 0 Å². The highest BCUT2D eigenvalue weighted by molar-refractivity contribution is 6.08. The Kier molecular flexibility index (Phi) is 4.27. The Hall–Kier alpha value is -2.76. The summed E-state index contributed by atoms with van der Waals surface area (Å²) in [6.45, 7) is 0. The molecule has 1 aromatic carbocycles. The van der Waals surface area contributed by atoms with E-state index in [0.29, 0.717) is 17.1 Å². The summed E-state index contributed by atoms with van der Waals surface area (Å²) in [5, 5.41) is 0. The van der Waals surface area contributed by atoms with Crippen molar-refractivity contribution in [2.24, 2.45) is 0 Å². The maximum atomic E-state index is 12.3. The Morgan fingerprint density at radius 3 is 2.19 bits per heavy atom. The lowest BCUT2D eigenvalue weighted by atomic mass is 10.1. The normalized spacial score (nSPS) is 10.0. The van der Waals surface area contributed by atoms with Gasteiger partial charge in [0.25, 0.3) is 0 Å². The number of furan rings is 1. The van der Waals surface area contributed by atoms with Gasteiger partial charge in [-0.3, -0.25) is 4.79 Å². The molecular weight excluding hydrogens is 276 g/mol. The zero-order valence-electron chi connectivity index (χ0n) is 11.8. The summed E-state index contributed by atoms with van der Waals surface area (Å²) in [4.78, 5) is 23.6. The average molecular weight is 290 g/mol. The smallest absolute Gasteiger partial charge is 0.373 e. The number of hydrogen-bond acceptors (Lipinski definition) is 6. The van der Waals surface area contributed by atoms with Crippen molar-refractivity contribution in [1.29, 1.82) is 0 Å². The van der Waals surface area contributed by atoms with Crippen LogP contribution in [-0.4, -0.2) is 33.1 Å². The van der Waals surface area contributed by atoms with Gasteiger partial charge in [-0.25, -0.2) is 4.79 Å². The molecule has 0 fully saturated rings. The number of methoxy groups -OCH3 is 3. The van der Waals surface area contributed by atoms with Crippen molar-refractivity contribution in [3.8, 4) is 11.5 Å². The Bertz CT molecular complexity index is 671. The first kappa shape index (κ1) is 14.6. The number of esters is 1. The van der Waals surface area contributed by atoms with Crippen LogP contribution in [0.3, 0.4) is 0 Å². The Balaban J connectivity index is 2.31. The summed E-state index contributed by atoms with van der Waals surface area (Å²) in [7, 11) is 4.23. The second-order valence-electron chi connectivity index (χ2n) is 4.05. The minimum atomic E-state index is -0.638. The minimum absolute atomic E-state index is 0.0265. The van der Waals surface area contributed by atoms with Crippen LogP contribution in [0.15, 0.2) is 34.7 Å². The topological polar surface area (TPSA) is 75.0 Å². The zero-order chi connectivity index (χ0) is 15.4. The summed E-state index contributed by atoms with van der Waals surface area (Å²) in [6.07, 6.45) is 0. The van der Waals surface area contributed by atoms with E-state index in [1.807, 2.05) is 0 Å². The number of hydrogen-bond donors (Lipinski definition) is 0. The summed E-state index contributed by atoms with van der Waals surface area (Å²) in [5.41, 5.74) is 0.360. The highest BCUT2D eigenvalue weighted by Crippen LogP contribution is 2.28. The molecule has 0 atom stereocenters. The molecule has 0 unspecified atom stereocenters. The molecule has 0 amide bonds. The molecule has 2 aromatic rings. The standard InChI is InChI=1S/C15H14O6/c1-18-10-5-4-9(8-13(10)19-2)14(16)11-6-7-12(21-11)15(17)20-3/h4-8H,1-3H3. The first-order chi connectivity index (χ1) is 10.1. The molecule has 0 aliphatic heterocycles. The average Bonchev–Trinajstić information content (AvgIpc) is 3.02. The maximum Gasteiger partial charge on any atom is 0.373 e. The third-order valence-electron chi connectivity index (χ3n) is 2.86. The number of benzene rings is 1. The maximum absolute atomic E-state index is 12.3. The van der Waals surface area contributed by atoms with Gasteiger partial charge in [-0.15, -0.1) is 0 Å².